The second-order valence-corrected chi connectivity index (χ2v) is 3.40. The van der Waals surface area contributed by atoms with Crippen LogP contribution in [0.3, 0.4) is 0 Å². The average molecular weight is 190 g/mol. The first-order chi connectivity index (χ1) is 6.08. The van der Waals surface area contributed by atoms with E-state index < -0.39 is 17.5 Å². The van der Waals surface area contributed by atoms with Crippen molar-refractivity contribution in [3.05, 3.63) is 0 Å². The highest BCUT2D eigenvalue weighted by Gasteiger charge is 2.58. The van der Waals surface area contributed by atoms with E-state index in [0.717, 1.165) is 0 Å². The van der Waals surface area contributed by atoms with Gasteiger partial charge in [-0.3, -0.25) is 0 Å². The number of carbonyl (C=O) groups is 1. The molecule has 0 aliphatic carbocycles. The van der Waals surface area contributed by atoms with E-state index in [2.05, 4.69) is 0 Å². The van der Waals surface area contributed by atoms with Gasteiger partial charge in [0.1, 0.15) is 0 Å². The summed E-state index contributed by atoms with van der Waals surface area (Å²) in [4.78, 5) is 10.8. The molecule has 2 atom stereocenters. The van der Waals surface area contributed by atoms with Gasteiger partial charge in [0.05, 0.1) is 6.61 Å². The van der Waals surface area contributed by atoms with E-state index in [9.17, 15) is 4.79 Å². The van der Waals surface area contributed by atoms with Crippen LogP contribution in [0, 0.1) is 11.8 Å². The topological polar surface area (TPSA) is 90.3 Å². The maximum Gasteiger partial charge on any atom is 0.338 e. The molecule has 1 aliphatic heterocycles. The van der Waals surface area contributed by atoms with E-state index >= 15 is 0 Å². The van der Waals surface area contributed by atoms with Crippen molar-refractivity contribution in [3.63, 3.8) is 0 Å². The number of carboxylic acids is 1. The Kier molecular flexibility index (Phi) is 2.90. The van der Waals surface area contributed by atoms with Crippen LogP contribution in [0.2, 0.25) is 0 Å². The Hall–Kier alpha value is -0.650. The molecule has 1 rings (SSSR count). The average Bonchev–Trinajstić information content (AvgIpc) is 2.86. The number of aliphatic hydroxyl groups is 2. The zero-order valence-corrected chi connectivity index (χ0v) is 7.43. The summed E-state index contributed by atoms with van der Waals surface area (Å²) in [5, 5.41) is 26.5. The van der Waals surface area contributed by atoms with E-state index in [4.69, 9.17) is 20.1 Å². The highest BCUT2D eigenvalue weighted by molar-refractivity contribution is 5.80. The summed E-state index contributed by atoms with van der Waals surface area (Å²) in [6.45, 7) is 1.38. The van der Waals surface area contributed by atoms with Crippen molar-refractivity contribution in [2.75, 3.05) is 19.8 Å². The Morgan fingerprint density at radius 2 is 2.00 bits per heavy atom. The number of carboxylic acid groups (broad SMARTS) is 1. The lowest BCUT2D eigenvalue weighted by atomic mass is 9.84. The van der Waals surface area contributed by atoms with Crippen LogP contribution >= 0.6 is 0 Å². The molecule has 1 aliphatic rings. The quantitative estimate of drug-likeness (QED) is 0.487. The van der Waals surface area contributed by atoms with Crippen molar-refractivity contribution in [3.8, 4) is 0 Å². The van der Waals surface area contributed by atoms with Crippen molar-refractivity contribution in [2.24, 2.45) is 11.8 Å². The molecule has 5 heteroatoms. The summed E-state index contributed by atoms with van der Waals surface area (Å²) in [7, 11) is 0. The van der Waals surface area contributed by atoms with Gasteiger partial charge in [-0.25, -0.2) is 4.79 Å². The van der Waals surface area contributed by atoms with Gasteiger partial charge in [-0.05, 0) is 0 Å². The fourth-order valence-corrected chi connectivity index (χ4v) is 1.41. The Morgan fingerprint density at radius 3 is 2.23 bits per heavy atom. The SMILES string of the molecule is C[C@H](C(CO)CO)[C@@]1(C(=O)O)CO1. The Labute approximate surface area is 75.9 Å². The van der Waals surface area contributed by atoms with Crippen LogP contribution in [-0.2, 0) is 9.53 Å². The third-order valence-electron chi connectivity index (χ3n) is 2.73. The summed E-state index contributed by atoms with van der Waals surface area (Å²) in [6.07, 6.45) is 0. The molecule has 1 heterocycles. The molecule has 0 radical (unpaired) electrons. The molecule has 13 heavy (non-hydrogen) atoms. The van der Waals surface area contributed by atoms with Crippen LogP contribution in [0.15, 0.2) is 0 Å². The monoisotopic (exact) mass is 190 g/mol. The molecule has 0 unspecified atom stereocenters. The Bertz CT molecular complexity index is 195. The van der Waals surface area contributed by atoms with Crippen LogP contribution in [0.1, 0.15) is 6.92 Å². The second kappa shape index (κ2) is 3.61. The Balaban J connectivity index is 2.65. The van der Waals surface area contributed by atoms with Gasteiger partial charge >= 0.3 is 5.97 Å². The predicted molar refractivity (Wildman–Crippen MR) is 43.1 cm³/mol. The summed E-state index contributed by atoms with van der Waals surface area (Å²) in [5.74, 6) is -1.83. The van der Waals surface area contributed by atoms with Crippen LogP contribution < -0.4 is 0 Å². The van der Waals surface area contributed by atoms with Gasteiger partial charge in [0, 0.05) is 25.0 Å². The minimum atomic E-state index is -1.17. The van der Waals surface area contributed by atoms with Crippen molar-refractivity contribution in [1.82, 2.24) is 0 Å². The van der Waals surface area contributed by atoms with E-state index in [1.54, 1.807) is 6.92 Å². The maximum atomic E-state index is 10.8. The fraction of sp³-hybridized carbons (Fsp3) is 0.875. The van der Waals surface area contributed by atoms with Crippen molar-refractivity contribution < 1.29 is 24.9 Å². The number of hydrogen-bond donors (Lipinski definition) is 3. The zero-order valence-electron chi connectivity index (χ0n) is 7.43. The van der Waals surface area contributed by atoms with E-state index in [-0.39, 0.29) is 25.7 Å². The van der Waals surface area contributed by atoms with Gasteiger partial charge in [0.15, 0.2) is 5.60 Å². The Morgan fingerprint density at radius 1 is 1.54 bits per heavy atom. The first kappa shape index (κ1) is 10.4. The molecule has 1 saturated heterocycles. The van der Waals surface area contributed by atoms with Crippen LogP contribution in [0.25, 0.3) is 0 Å². The van der Waals surface area contributed by atoms with Crippen LogP contribution in [0.5, 0.6) is 0 Å². The third-order valence-corrected chi connectivity index (χ3v) is 2.73. The summed E-state index contributed by atoms with van der Waals surface area (Å²) in [6, 6.07) is 0. The van der Waals surface area contributed by atoms with Crippen LogP contribution in [-0.4, -0.2) is 46.7 Å². The summed E-state index contributed by atoms with van der Waals surface area (Å²) >= 11 is 0. The molecular weight excluding hydrogens is 176 g/mol. The third kappa shape index (κ3) is 1.67. The number of epoxide rings is 1. The van der Waals surface area contributed by atoms with E-state index in [1.165, 1.54) is 0 Å². The summed E-state index contributed by atoms with van der Waals surface area (Å²) < 4.78 is 4.88. The molecule has 0 bridgehead atoms. The lowest BCUT2D eigenvalue weighted by Crippen LogP contribution is -2.39. The molecule has 5 nitrogen and oxygen atoms in total. The molecule has 1 fully saturated rings. The smallest absolute Gasteiger partial charge is 0.338 e. The second-order valence-electron chi connectivity index (χ2n) is 3.40. The molecule has 0 aromatic heterocycles. The predicted octanol–water partition coefficient (Wildman–Crippen LogP) is -0.923. The number of rotatable bonds is 5. The minimum Gasteiger partial charge on any atom is -0.479 e. The van der Waals surface area contributed by atoms with Crippen molar-refractivity contribution in [1.29, 1.82) is 0 Å². The first-order valence-electron chi connectivity index (χ1n) is 4.17. The normalized spacial score (nSPS) is 28.9. The molecule has 76 valence electrons. The zero-order chi connectivity index (χ0) is 10.1. The first-order valence-corrected chi connectivity index (χ1v) is 4.17. The standard InChI is InChI=1S/C8H14O5/c1-5(6(2-9)3-10)8(4-13-8)7(11)12/h5-6,9-10H,2-4H2,1H3,(H,11,12)/t5-,8-/m1/s1. The summed E-state index contributed by atoms with van der Waals surface area (Å²) in [5.41, 5.74) is -1.17. The number of aliphatic carboxylic acids is 1. The maximum absolute atomic E-state index is 10.8. The van der Waals surface area contributed by atoms with Crippen molar-refractivity contribution >= 4 is 5.97 Å². The molecule has 0 aromatic rings. The lowest BCUT2D eigenvalue weighted by molar-refractivity contribution is -0.146. The van der Waals surface area contributed by atoms with Crippen LogP contribution in [0.4, 0.5) is 0 Å². The lowest BCUT2D eigenvalue weighted by Gasteiger charge is -2.22. The molecule has 0 saturated carbocycles. The van der Waals surface area contributed by atoms with Gasteiger partial charge in [-0.1, -0.05) is 6.92 Å². The van der Waals surface area contributed by atoms with Gasteiger partial charge in [0.2, 0.25) is 0 Å². The van der Waals surface area contributed by atoms with Gasteiger partial charge in [-0.15, -0.1) is 0 Å². The molecule has 0 spiro atoms. The number of aliphatic hydroxyl groups excluding tert-OH is 2. The van der Waals surface area contributed by atoms with E-state index in [0.29, 0.717) is 0 Å². The minimum absolute atomic E-state index is 0.167. The highest BCUT2D eigenvalue weighted by Crippen LogP contribution is 2.39. The van der Waals surface area contributed by atoms with Gasteiger partial charge in [0.25, 0.3) is 0 Å². The number of hydrogen-bond acceptors (Lipinski definition) is 4. The highest BCUT2D eigenvalue weighted by atomic mass is 16.6. The van der Waals surface area contributed by atoms with E-state index in [1.807, 2.05) is 0 Å². The molecular formula is C8H14O5. The fourth-order valence-electron chi connectivity index (χ4n) is 1.41. The molecule has 0 aromatic carbocycles. The largest absolute Gasteiger partial charge is 0.479 e. The molecule has 3 N–H and O–H groups in total. The molecule has 0 amide bonds. The van der Waals surface area contributed by atoms with Gasteiger partial charge in [-0.2, -0.15) is 0 Å². The van der Waals surface area contributed by atoms with Crippen molar-refractivity contribution in [2.45, 2.75) is 12.5 Å². The van der Waals surface area contributed by atoms with Gasteiger partial charge < -0.3 is 20.1 Å². The number of ether oxygens (including phenoxy) is 1.